The van der Waals surface area contributed by atoms with E-state index in [1.54, 1.807) is 13.3 Å². The van der Waals surface area contributed by atoms with E-state index in [4.69, 9.17) is 10.00 Å². The molecule has 1 aromatic rings. The standard InChI is InChI=1S/C12H17N3O.C2H6/c1-16-9-8-15(7-3-5-13)11-12-4-2-6-14-10-12;1-2/h2,4,6,10H,3,7-9,11H2,1H3;1-2H3. The Hall–Kier alpha value is -1.44. The molecule has 4 heteroatoms. The smallest absolute Gasteiger partial charge is 0.0635 e. The molecule has 100 valence electrons. The summed E-state index contributed by atoms with van der Waals surface area (Å²) in [5.41, 5.74) is 1.16. The minimum atomic E-state index is 0.546. The fourth-order valence-corrected chi connectivity index (χ4v) is 1.45. The van der Waals surface area contributed by atoms with Gasteiger partial charge in [0.2, 0.25) is 0 Å². The van der Waals surface area contributed by atoms with Crippen LogP contribution in [0.1, 0.15) is 25.8 Å². The number of nitriles is 1. The molecule has 0 aliphatic rings. The molecule has 4 nitrogen and oxygen atoms in total. The van der Waals surface area contributed by atoms with Crippen molar-refractivity contribution in [3.8, 4) is 6.07 Å². The molecule has 1 aromatic heterocycles. The average Bonchev–Trinajstić information content (AvgIpc) is 2.45. The highest BCUT2D eigenvalue weighted by atomic mass is 16.5. The van der Waals surface area contributed by atoms with Crippen molar-refractivity contribution in [3.63, 3.8) is 0 Å². The van der Waals surface area contributed by atoms with Gasteiger partial charge in [0.15, 0.2) is 0 Å². The predicted molar refractivity (Wildman–Crippen MR) is 73.0 cm³/mol. The van der Waals surface area contributed by atoms with E-state index in [0.717, 1.165) is 25.2 Å². The van der Waals surface area contributed by atoms with Gasteiger partial charge >= 0.3 is 0 Å². The third-order valence-electron chi connectivity index (χ3n) is 2.28. The van der Waals surface area contributed by atoms with Gasteiger partial charge in [0.25, 0.3) is 0 Å². The Bertz CT molecular complexity index is 322. The first-order valence-electron chi connectivity index (χ1n) is 6.34. The average molecular weight is 249 g/mol. The summed E-state index contributed by atoms with van der Waals surface area (Å²) in [6.45, 7) is 7.12. The topological polar surface area (TPSA) is 49.1 Å². The number of nitrogens with zero attached hydrogens (tertiary/aromatic N) is 3. The van der Waals surface area contributed by atoms with Gasteiger partial charge in [-0.25, -0.2) is 0 Å². The molecule has 0 saturated carbocycles. The first-order valence-corrected chi connectivity index (χ1v) is 6.34. The van der Waals surface area contributed by atoms with E-state index in [2.05, 4.69) is 16.0 Å². The maximum atomic E-state index is 8.59. The Morgan fingerprint density at radius 2 is 2.17 bits per heavy atom. The Labute approximate surface area is 110 Å². The van der Waals surface area contributed by atoms with Crippen LogP contribution in [0.3, 0.4) is 0 Å². The van der Waals surface area contributed by atoms with Gasteiger partial charge in [-0.3, -0.25) is 9.88 Å². The summed E-state index contributed by atoms with van der Waals surface area (Å²) in [4.78, 5) is 6.27. The molecule has 0 N–H and O–H groups in total. The van der Waals surface area contributed by atoms with Crippen molar-refractivity contribution in [2.24, 2.45) is 0 Å². The molecule has 18 heavy (non-hydrogen) atoms. The second kappa shape index (κ2) is 12.0. The lowest BCUT2D eigenvalue weighted by Gasteiger charge is -2.20. The highest BCUT2D eigenvalue weighted by Crippen LogP contribution is 2.03. The van der Waals surface area contributed by atoms with Crippen LogP contribution in [0.4, 0.5) is 0 Å². The van der Waals surface area contributed by atoms with E-state index in [9.17, 15) is 0 Å². The van der Waals surface area contributed by atoms with E-state index < -0.39 is 0 Å². The molecule has 1 heterocycles. The van der Waals surface area contributed by atoms with Gasteiger partial charge in [0.05, 0.1) is 12.7 Å². The van der Waals surface area contributed by atoms with Crippen molar-refractivity contribution in [2.75, 3.05) is 26.8 Å². The molecule has 0 saturated heterocycles. The Kier molecular flexibility index (Phi) is 11.1. The van der Waals surface area contributed by atoms with E-state index in [0.29, 0.717) is 13.0 Å². The highest BCUT2D eigenvalue weighted by molar-refractivity contribution is 5.08. The molecule has 0 aliphatic heterocycles. The molecule has 0 radical (unpaired) electrons. The largest absolute Gasteiger partial charge is 0.383 e. The maximum absolute atomic E-state index is 8.59. The molecule has 0 unspecified atom stereocenters. The SMILES string of the molecule is CC.COCCN(CCC#N)Cc1cccnc1. The van der Waals surface area contributed by atoms with Crippen molar-refractivity contribution >= 4 is 0 Å². The zero-order valence-corrected chi connectivity index (χ0v) is 11.6. The van der Waals surface area contributed by atoms with Crippen LogP contribution in [0.15, 0.2) is 24.5 Å². The van der Waals surface area contributed by atoms with Crippen molar-refractivity contribution < 1.29 is 4.74 Å². The summed E-state index contributed by atoms with van der Waals surface area (Å²) in [7, 11) is 1.69. The maximum Gasteiger partial charge on any atom is 0.0635 e. The number of ether oxygens (including phenoxy) is 1. The minimum absolute atomic E-state index is 0.546. The third kappa shape index (κ3) is 7.77. The van der Waals surface area contributed by atoms with Crippen LogP contribution in [0.25, 0.3) is 0 Å². The quantitative estimate of drug-likeness (QED) is 0.745. The lowest BCUT2D eigenvalue weighted by molar-refractivity contribution is 0.145. The van der Waals surface area contributed by atoms with Gasteiger partial charge in [0.1, 0.15) is 0 Å². The van der Waals surface area contributed by atoms with Crippen LogP contribution >= 0.6 is 0 Å². The zero-order chi connectivity index (χ0) is 13.6. The monoisotopic (exact) mass is 249 g/mol. The number of hydrogen-bond acceptors (Lipinski definition) is 4. The molecule has 0 bridgehead atoms. The van der Waals surface area contributed by atoms with E-state index in [1.165, 1.54) is 0 Å². The van der Waals surface area contributed by atoms with Gasteiger partial charge in [-0.15, -0.1) is 0 Å². The van der Waals surface area contributed by atoms with Crippen LogP contribution in [0.2, 0.25) is 0 Å². The summed E-state index contributed by atoms with van der Waals surface area (Å²) in [5.74, 6) is 0. The van der Waals surface area contributed by atoms with Gasteiger partial charge in [-0.2, -0.15) is 5.26 Å². The molecule has 0 aliphatic carbocycles. The predicted octanol–water partition coefficient (Wildman–Crippen LogP) is 2.47. The van der Waals surface area contributed by atoms with Gasteiger partial charge < -0.3 is 4.74 Å². The van der Waals surface area contributed by atoms with E-state index >= 15 is 0 Å². The third-order valence-corrected chi connectivity index (χ3v) is 2.28. The molecule has 1 rings (SSSR count). The second-order valence-corrected chi connectivity index (χ2v) is 3.54. The summed E-state index contributed by atoms with van der Waals surface area (Å²) < 4.78 is 5.05. The van der Waals surface area contributed by atoms with Gasteiger partial charge in [-0.05, 0) is 11.6 Å². The van der Waals surface area contributed by atoms with Crippen LogP contribution in [-0.4, -0.2) is 36.7 Å². The Morgan fingerprint density at radius 1 is 1.39 bits per heavy atom. The summed E-state index contributed by atoms with van der Waals surface area (Å²) in [5, 5.41) is 8.59. The van der Waals surface area contributed by atoms with Crippen LogP contribution in [-0.2, 0) is 11.3 Å². The second-order valence-electron chi connectivity index (χ2n) is 3.54. The van der Waals surface area contributed by atoms with Crippen LogP contribution in [0.5, 0.6) is 0 Å². The van der Waals surface area contributed by atoms with Crippen molar-refractivity contribution in [1.82, 2.24) is 9.88 Å². The van der Waals surface area contributed by atoms with Crippen molar-refractivity contribution in [1.29, 1.82) is 5.26 Å². The molecular weight excluding hydrogens is 226 g/mol. The van der Waals surface area contributed by atoms with Crippen molar-refractivity contribution in [3.05, 3.63) is 30.1 Å². The molecular formula is C14H23N3O. The van der Waals surface area contributed by atoms with Gasteiger partial charge in [0, 0.05) is 45.6 Å². The number of rotatable bonds is 7. The van der Waals surface area contributed by atoms with Crippen LogP contribution in [0, 0.1) is 11.3 Å². The minimum Gasteiger partial charge on any atom is -0.383 e. The van der Waals surface area contributed by atoms with Crippen LogP contribution < -0.4 is 0 Å². The zero-order valence-electron chi connectivity index (χ0n) is 11.6. The molecule has 0 spiro atoms. The number of aromatic nitrogens is 1. The highest BCUT2D eigenvalue weighted by Gasteiger charge is 2.05. The first-order chi connectivity index (χ1) is 8.86. The fraction of sp³-hybridized carbons (Fsp3) is 0.571. The lowest BCUT2D eigenvalue weighted by atomic mass is 10.2. The first kappa shape index (κ1) is 16.6. The van der Waals surface area contributed by atoms with E-state index in [-0.39, 0.29) is 0 Å². The van der Waals surface area contributed by atoms with Crippen molar-refractivity contribution in [2.45, 2.75) is 26.8 Å². The lowest BCUT2D eigenvalue weighted by Crippen LogP contribution is -2.28. The summed E-state index contributed by atoms with van der Waals surface area (Å²) in [6.07, 6.45) is 4.16. The fourth-order valence-electron chi connectivity index (χ4n) is 1.45. The normalized spacial score (nSPS) is 9.50. The molecule has 0 atom stereocenters. The molecule has 0 fully saturated rings. The summed E-state index contributed by atoms with van der Waals surface area (Å²) in [6, 6.07) is 6.13. The Balaban J connectivity index is 0.00000137. The summed E-state index contributed by atoms with van der Waals surface area (Å²) >= 11 is 0. The Morgan fingerprint density at radius 3 is 2.72 bits per heavy atom. The molecule has 0 amide bonds. The number of pyridine rings is 1. The van der Waals surface area contributed by atoms with E-state index in [1.807, 2.05) is 32.2 Å². The number of methoxy groups -OCH3 is 1. The number of hydrogen-bond donors (Lipinski definition) is 0. The molecule has 0 aromatic carbocycles. The van der Waals surface area contributed by atoms with Gasteiger partial charge in [-0.1, -0.05) is 19.9 Å².